The Bertz CT molecular complexity index is 237. The number of hydrogen-bond acceptors (Lipinski definition) is 2. The maximum Gasteiger partial charge on any atom is 0.213 e. The quantitative estimate of drug-likeness (QED) is 0.576. The third-order valence-electron chi connectivity index (χ3n) is 2.68. The van der Waals surface area contributed by atoms with Crippen LogP contribution >= 0.6 is 0 Å². The molecule has 0 aliphatic rings. The lowest BCUT2D eigenvalue weighted by Gasteiger charge is -2.14. The SMILES string of the molecule is CCCCCCCCS(=O)(=O)N(C)CC. The van der Waals surface area contributed by atoms with E-state index >= 15 is 0 Å². The highest BCUT2D eigenvalue weighted by Crippen LogP contribution is 2.07. The Balaban J connectivity index is 3.58. The summed E-state index contributed by atoms with van der Waals surface area (Å²) in [6, 6.07) is 0. The molecule has 0 aliphatic carbocycles. The van der Waals surface area contributed by atoms with Crippen molar-refractivity contribution < 1.29 is 8.42 Å². The van der Waals surface area contributed by atoms with E-state index in [1.807, 2.05) is 6.92 Å². The van der Waals surface area contributed by atoms with Gasteiger partial charge in [0.2, 0.25) is 10.0 Å². The topological polar surface area (TPSA) is 37.4 Å². The number of unbranched alkanes of at least 4 members (excludes halogenated alkanes) is 5. The van der Waals surface area contributed by atoms with E-state index in [2.05, 4.69) is 6.92 Å². The highest BCUT2D eigenvalue weighted by Gasteiger charge is 2.14. The second kappa shape index (κ2) is 8.11. The van der Waals surface area contributed by atoms with Crippen molar-refractivity contribution in [2.75, 3.05) is 19.3 Å². The summed E-state index contributed by atoms with van der Waals surface area (Å²) in [6.45, 7) is 4.61. The van der Waals surface area contributed by atoms with E-state index in [0.29, 0.717) is 12.3 Å². The molecular weight excluding hydrogens is 210 g/mol. The zero-order valence-corrected chi connectivity index (χ0v) is 11.1. The lowest BCUT2D eigenvalue weighted by molar-refractivity contribution is 0.482. The summed E-state index contributed by atoms with van der Waals surface area (Å²) < 4.78 is 24.6. The fourth-order valence-electron chi connectivity index (χ4n) is 1.42. The second-order valence-electron chi connectivity index (χ2n) is 4.00. The van der Waals surface area contributed by atoms with Crippen molar-refractivity contribution in [1.82, 2.24) is 4.31 Å². The molecule has 0 aromatic rings. The van der Waals surface area contributed by atoms with E-state index in [0.717, 1.165) is 12.8 Å². The maximum absolute atomic E-state index is 11.6. The summed E-state index contributed by atoms with van der Waals surface area (Å²) >= 11 is 0. The number of hydrogen-bond donors (Lipinski definition) is 0. The van der Waals surface area contributed by atoms with Gasteiger partial charge in [-0.05, 0) is 6.42 Å². The van der Waals surface area contributed by atoms with Crippen LogP contribution in [0.3, 0.4) is 0 Å². The molecule has 0 aliphatic heterocycles. The molecule has 0 rings (SSSR count). The Morgan fingerprint density at radius 3 is 2.00 bits per heavy atom. The summed E-state index contributed by atoms with van der Waals surface area (Å²) in [5.41, 5.74) is 0. The Morgan fingerprint density at radius 1 is 0.933 bits per heavy atom. The Kier molecular flexibility index (Phi) is 8.06. The largest absolute Gasteiger partial charge is 0.213 e. The maximum atomic E-state index is 11.6. The van der Waals surface area contributed by atoms with Crippen molar-refractivity contribution in [2.24, 2.45) is 0 Å². The van der Waals surface area contributed by atoms with E-state index in [4.69, 9.17) is 0 Å². The Hall–Kier alpha value is -0.0900. The lowest BCUT2D eigenvalue weighted by atomic mass is 10.1. The normalized spacial score (nSPS) is 12.3. The summed E-state index contributed by atoms with van der Waals surface area (Å²) in [6.07, 6.45) is 6.74. The van der Waals surface area contributed by atoms with E-state index in [1.165, 1.54) is 30.0 Å². The summed E-state index contributed by atoms with van der Waals surface area (Å²) in [4.78, 5) is 0. The highest BCUT2D eigenvalue weighted by atomic mass is 32.2. The van der Waals surface area contributed by atoms with Crippen molar-refractivity contribution in [3.05, 3.63) is 0 Å². The van der Waals surface area contributed by atoms with Crippen molar-refractivity contribution >= 4 is 10.0 Å². The standard InChI is InChI=1S/C11H25NO2S/c1-4-6-7-8-9-10-11-15(13,14)12(3)5-2/h4-11H2,1-3H3. The van der Waals surface area contributed by atoms with Gasteiger partial charge in [-0.1, -0.05) is 46.0 Å². The van der Waals surface area contributed by atoms with E-state index < -0.39 is 10.0 Å². The van der Waals surface area contributed by atoms with Gasteiger partial charge in [0.05, 0.1) is 5.75 Å². The Morgan fingerprint density at radius 2 is 1.47 bits per heavy atom. The van der Waals surface area contributed by atoms with E-state index in [-0.39, 0.29) is 0 Å². The van der Waals surface area contributed by atoms with E-state index in [1.54, 1.807) is 7.05 Å². The van der Waals surface area contributed by atoms with Crippen LogP contribution in [-0.2, 0) is 10.0 Å². The van der Waals surface area contributed by atoms with Crippen LogP contribution in [0.2, 0.25) is 0 Å². The zero-order valence-electron chi connectivity index (χ0n) is 10.3. The monoisotopic (exact) mass is 235 g/mol. The van der Waals surface area contributed by atoms with Crippen LogP contribution in [0.1, 0.15) is 52.4 Å². The molecule has 4 heteroatoms. The minimum absolute atomic E-state index is 0.309. The summed E-state index contributed by atoms with van der Waals surface area (Å²) in [5.74, 6) is 0.309. The summed E-state index contributed by atoms with van der Waals surface area (Å²) in [5, 5.41) is 0. The molecule has 0 aromatic heterocycles. The predicted molar refractivity (Wildman–Crippen MR) is 65.5 cm³/mol. The molecule has 3 nitrogen and oxygen atoms in total. The molecule has 0 fully saturated rings. The van der Waals surface area contributed by atoms with E-state index in [9.17, 15) is 8.42 Å². The molecule has 0 unspecified atom stereocenters. The number of nitrogens with zero attached hydrogens (tertiary/aromatic N) is 1. The average molecular weight is 235 g/mol. The van der Waals surface area contributed by atoms with Crippen LogP contribution < -0.4 is 0 Å². The van der Waals surface area contributed by atoms with Crippen molar-refractivity contribution in [3.63, 3.8) is 0 Å². The Labute approximate surface area is 94.9 Å². The van der Waals surface area contributed by atoms with Crippen LogP contribution in [0.15, 0.2) is 0 Å². The average Bonchev–Trinajstić information content (AvgIpc) is 2.22. The van der Waals surface area contributed by atoms with Gasteiger partial charge in [0.25, 0.3) is 0 Å². The third kappa shape index (κ3) is 6.90. The lowest BCUT2D eigenvalue weighted by Crippen LogP contribution is -2.28. The van der Waals surface area contributed by atoms with Gasteiger partial charge in [-0.3, -0.25) is 0 Å². The molecule has 0 saturated heterocycles. The predicted octanol–water partition coefficient (Wildman–Crippen LogP) is 2.63. The first-order valence-electron chi connectivity index (χ1n) is 5.98. The molecule has 0 heterocycles. The van der Waals surface area contributed by atoms with Crippen LogP contribution in [-0.4, -0.2) is 32.1 Å². The molecule has 0 bridgehead atoms. The van der Waals surface area contributed by atoms with Gasteiger partial charge in [-0.2, -0.15) is 0 Å². The second-order valence-corrected chi connectivity index (χ2v) is 6.19. The van der Waals surface area contributed by atoms with Crippen molar-refractivity contribution in [2.45, 2.75) is 52.4 Å². The van der Waals surface area contributed by atoms with Gasteiger partial charge in [-0.15, -0.1) is 0 Å². The molecule has 0 aromatic carbocycles. The fourth-order valence-corrected chi connectivity index (χ4v) is 2.69. The first-order valence-corrected chi connectivity index (χ1v) is 7.59. The molecule has 15 heavy (non-hydrogen) atoms. The van der Waals surface area contributed by atoms with Crippen molar-refractivity contribution in [3.8, 4) is 0 Å². The molecule has 0 atom stereocenters. The summed E-state index contributed by atoms with van der Waals surface area (Å²) in [7, 11) is -1.32. The third-order valence-corrected chi connectivity index (χ3v) is 4.69. The number of rotatable bonds is 9. The zero-order chi connectivity index (χ0) is 11.7. The number of sulfonamides is 1. The first kappa shape index (κ1) is 14.9. The molecule has 0 radical (unpaired) electrons. The van der Waals surface area contributed by atoms with Gasteiger partial charge in [0.1, 0.15) is 0 Å². The molecule has 0 saturated carbocycles. The highest BCUT2D eigenvalue weighted by molar-refractivity contribution is 7.89. The molecule has 0 N–H and O–H groups in total. The minimum Gasteiger partial charge on any atom is -0.212 e. The molecule has 92 valence electrons. The molecular formula is C11H25NO2S. The van der Waals surface area contributed by atoms with Crippen LogP contribution in [0.4, 0.5) is 0 Å². The smallest absolute Gasteiger partial charge is 0.212 e. The molecule has 0 amide bonds. The van der Waals surface area contributed by atoms with Gasteiger partial charge in [0.15, 0.2) is 0 Å². The van der Waals surface area contributed by atoms with Crippen LogP contribution in [0.5, 0.6) is 0 Å². The fraction of sp³-hybridized carbons (Fsp3) is 1.00. The molecule has 0 spiro atoms. The van der Waals surface area contributed by atoms with Crippen LogP contribution in [0.25, 0.3) is 0 Å². The van der Waals surface area contributed by atoms with Gasteiger partial charge in [-0.25, -0.2) is 12.7 Å². The van der Waals surface area contributed by atoms with Gasteiger partial charge < -0.3 is 0 Å². The van der Waals surface area contributed by atoms with Crippen LogP contribution in [0, 0.1) is 0 Å². The van der Waals surface area contributed by atoms with Crippen molar-refractivity contribution in [1.29, 1.82) is 0 Å². The van der Waals surface area contributed by atoms with Gasteiger partial charge in [0, 0.05) is 13.6 Å². The minimum atomic E-state index is -2.97. The van der Waals surface area contributed by atoms with Gasteiger partial charge >= 0.3 is 0 Å². The first-order chi connectivity index (χ1) is 7.04.